The van der Waals surface area contributed by atoms with Gasteiger partial charge in [-0.25, -0.2) is 0 Å². The van der Waals surface area contributed by atoms with Crippen LogP contribution in [0.1, 0.15) is 0 Å². The lowest BCUT2D eigenvalue weighted by atomic mass is 10.1. The summed E-state index contributed by atoms with van der Waals surface area (Å²) in [6.07, 6.45) is -3.27. The van der Waals surface area contributed by atoms with E-state index < -0.39 is 31.5 Å². The molecule has 0 radical (unpaired) electrons. The Bertz CT molecular complexity index is 87.0. The number of aliphatic hydroxyl groups excluding tert-OH is 4. The highest BCUT2D eigenvalue weighted by atomic mass is 16.5. The summed E-state index contributed by atoms with van der Waals surface area (Å²) in [5.74, 6) is 0. The maximum absolute atomic E-state index is 8.97. The normalized spacial score (nSPS) is 16.9. The molecule has 0 unspecified atom stereocenters. The van der Waals surface area contributed by atoms with Crippen LogP contribution in [0.2, 0.25) is 0 Å². The summed E-state index contributed by atoms with van der Waals surface area (Å²) < 4.78 is 4.64. The second-order valence-corrected chi connectivity index (χ2v) is 2.20. The molecule has 0 aromatic carbocycles. The maximum atomic E-state index is 8.97. The fourth-order valence-electron chi connectivity index (χ4n) is 0.778. The van der Waals surface area contributed by atoms with Crippen LogP contribution in [0.5, 0.6) is 0 Å². The number of methoxy groups -OCH3 is 1. The quantitative estimate of drug-likeness (QED) is 0.369. The third kappa shape index (κ3) is 3.13. The predicted molar refractivity (Wildman–Crippen MR) is 37.0 cm³/mol. The fraction of sp³-hybridized carbons (Fsp3) is 1.00. The third-order valence-electron chi connectivity index (χ3n) is 1.40. The molecule has 0 amide bonds. The zero-order valence-electron chi connectivity index (χ0n) is 6.34. The van der Waals surface area contributed by atoms with Crippen LogP contribution in [-0.4, -0.2) is 59.1 Å². The fourth-order valence-corrected chi connectivity index (χ4v) is 0.778. The second-order valence-electron chi connectivity index (χ2n) is 2.20. The molecule has 5 heteroatoms. The molecule has 0 aliphatic carbocycles. The van der Waals surface area contributed by atoms with E-state index in [4.69, 9.17) is 20.4 Å². The van der Waals surface area contributed by atoms with Gasteiger partial charge in [0.15, 0.2) is 0 Å². The molecule has 0 aliphatic rings. The molecule has 5 nitrogen and oxygen atoms in total. The van der Waals surface area contributed by atoms with Gasteiger partial charge >= 0.3 is 0 Å². The number of rotatable bonds is 5. The highest BCUT2D eigenvalue weighted by molar-refractivity contribution is 4.75. The SMILES string of the molecule is COC([C@H](O)CO)[C@H](O)CO. The highest BCUT2D eigenvalue weighted by Gasteiger charge is 2.25. The first-order valence-electron chi connectivity index (χ1n) is 3.28. The van der Waals surface area contributed by atoms with Crippen molar-refractivity contribution in [2.45, 2.75) is 18.3 Å². The van der Waals surface area contributed by atoms with Crippen LogP contribution >= 0.6 is 0 Å². The Morgan fingerprint density at radius 2 is 1.45 bits per heavy atom. The molecule has 0 rings (SSSR count). The molecular weight excluding hydrogens is 152 g/mol. The van der Waals surface area contributed by atoms with E-state index in [0.717, 1.165) is 0 Å². The van der Waals surface area contributed by atoms with E-state index in [0.29, 0.717) is 0 Å². The van der Waals surface area contributed by atoms with Gasteiger partial charge in [-0.3, -0.25) is 0 Å². The average Bonchev–Trinajstić information content (AvgIpc) is 2.05. The summed E-state index contributed by atoms with van der Waals surface area (Å²) in [6.45, 7) is -1.01. The zero-order chi connectivity index (χ0) is 8.85. The predicted octanol–water partition coefficient (Wildman–Crippen LogP) is -2.29. The Morgan fingerprint density at radius 1 is 1.09 bits per heavy atom. The lowest BCUT2D eigenvalue weighted by Crippen LogP contribution is -2.42. The number of ether oxygens (including phenoxy) is 1. The first-order chi connectivity index (χ1) is 5.17. The summed E-state index contributed by atoms with van der Waals surface area (Å²) in [5, 5.41) is 34.9. The third-order valence-corrected chi connectivity index (χ3v) is 1.40. The van der Waals surface area contributed by atoms with Crippen LogP contribution in [-0.2, 0) is 4.74 Å². The number of hydrogen-bond donors (Lipinski definition) is 4. The molecule has 0 heterocycles. The standard InChI is InChI=1S/C6H14O5/c1-11-6(4(9)2-7)5(10)3-8/h4-10H,2-3H2,1H3/t4-,5-/m1/s1. The molecule has 0 saturated carbocycles. The van der Waals surface area contributed by atoms with Crippen molar-refractivity contribution in [3.8, 4) is 0 Å². The minimum atomic E-state index is -1.16. The van der Waals surface area contributed by atoms with Crippen LogP contribution < -0.4 is 0 Å². The van der Waals surface area contributed by atoms with Gasteiger partial charge in [0.1, 0.15) is 18.3 Å². The van der Waals surface area contributed by atoms with Gasteiger partial charge in [-0.05, 0) is 0 Å². The molecule has 68 valence electrons. The summed E-state index contributed by atoms with van der Waals surface area (Å²) in [4.78, 5) is 0. The second kappa shape index (κ2) is 5.45. The van der Waals surface area contributed by atoms with Crippen LogP contribution in [0.3, 0.4) is 0 Å². The van der Waals surface area contributed by atoms with Crippen molar-refractivity contribution < 1.29 is 25.2 Å². The van der Waals surface area contributed by atoms with Crippen molar-refractivity contribution in [3.63, 3.8) is 0 Å². The molecule has 11 heavy (non-hydrogen) atoms. The Kier molecular flexibility index (Phi) is 5.35. The molecule has 0 spiro atoms. The number of hydrogen-bond acceptors (Lipinski definition) is 5. The van der Waals surface area contributed by atoms with Crippen molar-refractivity contribution in [2.24, 2.45) is 0 Å². The Balaban J connectivity index is 3.92. The van der Waals surface area contributed by atoms with E-state index in [-0.39, 0.29) is 0 Å². The lowest BCUT2D eigenvalue weighted by Gasteiger charge is -2.23. The average molecular weight is 166 g/mol. The molecule has 4 N–H and O–H groups in total. The van der Waals surface area contributed by atoms with Crippen molar-refractivity contribution in [2.75, 3.05) is 20.3 Å². The molecule has 0 aliphatic heterocycles. The van der Waals surface area contributed by atoms with Crippen molar-refractivity contribution >= 4 is 0 Å². The molecule has 0 bridgehead atoms. The molecule has 2 atom stereocenters. The zero-order valence-corrected chi connectivity index (χ0v) is 6.34. The Labute approximate surface area is 64.9 Å². The molecule has 0 aromatic heterocycles. The monoisotopic (exact) mass is 166 g/mol. The summed E-state index contributed by atoms with van der Waals surface area (Å²) >= 11 is 0. The molecular formula is C6H14O5. The lowest BCUT2D eigenvalue weighted by molar-refractivity contribution is -0.108. The van der Waals surface area contributed by atoms with Gasteiger partial charge in [0.2, 0.25) is 0 Å². The van der Waals surface area contributed by atoms with Gasteiger partial charge in [-0.2, -0.15) is 0 Å². The van der Waals surface area contributed by atoms with E-state index in [1.807, 2.05) is 0 Å². The van der Waals surface area contributed by atoms with E-state index in [1.54, 1.807) is 0 Å². The topological polar surface area (TPSA) is 90.2 Å². The van der Waals surface area contributed by atoms with E-state index in [1.165, 1.54) is 7.11 Å². The van der Waals surface area contributed by atoms with Crippen LogP contribution in [0.25, 0.3) is 0 Å². The van der Waals surface area contributed by atoms with Crippen LogP contribution in [0.15, 0.2) is 0 Å². The minimum Gasteiger partial charge on any atom is -0.394 e. The largest absolute Gasteiger partial charge is 0.394 e. The van der Waals surface area contributed by atoms with Crippen molar-refractivity contribution in [1.82, 2.24) is 0 Å². The summed E-state index contributed by atoms with van der Waals surface area (Å²) in [6, 6.07) is 0. The van der Waals surface area contributed by atoms with Gasteiger partial charge in [-0.1, -0.05) is 0 Å². The number of aliphatic hydroxyl groups is 4. The Morgan fingerprint density at radius 3 is 1.64 bits per heavy atom. The first-order valence-corrected chi connectivity index (χ1v) is 3.28. The first kappa shape index (κ1) is 10.8. The van der Waals surface area contributed by atoms with E-state index in [9.17, 15) is 0 Å². The van der Waals surface area contributed by atoms with Gasteiger partial charge < -0.3 is 25.2 Å². The highest BCUT2D eigenvalue weighted by Crippen LogP contribution is 2.03. The molecule has 0 saturated heterocycles. The van der Waals surface area contributed by atoms with Crippen molar-refractivity contribution in [1.29, 1.82) is 0 Å². The van der Waals surface area contributed by atoms with E-state index in [2.05, 4.69) is 4.74 Å². The van der Waals surface area contributed by atoms with Gasteiger partial charge in [0, 0.05) is 7.11 Å². The van der Waals surface area contributed by atoms with Gasteiger partial charge in [-0.15, -0.1) is 0 Å². The van der Waals surface area contributed by atoms with Crippen LogP contribution in [0.4, 0.5) is 0 Å². The van der Waals surface area contributed by atoms with Crippen LogP contribution in [0, 0.1) is 0 Å². The summed E-state index contributed by atoms with van der Waals surface area (Å²) in [7, 11) is 1.28. The Hall–Kier alpha value is -0.200. The van der Waals surface area contributed by atoms with Crippen molar-refractivity contribution in [3.05, 3.63) is 0 Å². The maximum Gasteiger partial charge on any atom is 0.113 e. The molecule has 0 fully saturated rings. The van der Waals surface area contributed by atoms with Gasteiger partial charge in [0.25, 0.3) is 0 Å². The smallest absolute Gasteiger partial charge is 0.113 e. The molecule has 0 aromatic rings. The van der Waals surface area contributed by atoms with E-state index >= 15 is 0 Å². The van der Waals surface area contributed by atoms with Gasteiger partial charge in [0.05, 0.1) is 13.2 Å². The summed E-state index contributed by atoms with van der Waals surface area (Å²) in [5.41, 5.74) is 0. The minimum absolute atomic E-state index is 0.504.